The number of nitrogens with zero attached hydrogens (tertiary/aromatic N) is 1. The molecule has 0 amide bonds. The average molecular weight is 277 g/mol. The highest BCUT2D eigenvalue weighted by atomic mass is 16.6. The van der Waals surface area contributed by atoms with Crippen molar-refractivity contribution in [3.05, 3.63) is 24.3 Å². The Morgan fingerprint density at radius 2 is 1.95 bits per heavy atom. The molecule has 1 unspecified atom stereocenters. The predicted molar refractivity (Wildman–Crippen MR) is 79.5 cm³/mol. The first kappa shape index (κ1) is 14.7. The van der Waals surface area contributed by atoms with Crippen LogP contribution in [0.5, 0.6) is 11.5 Å². The summed E-state index contributed by atoms with van der Waals surface area (Å²) in [7, 11) is 0. The van der Waals surface area contributed by atoms with Crippen molar-refractivity contribution < 1.29 is 14.3 Å². The first-order valence-corrected chi connectivity index (χ1v) is 7.35. The van der Waals surface area contributed by atoms with Crippen LogP contribution in [0.2, 0.25) is 0 Å². The summed E-state index contributed by atoms with van der Waals surface area (Å²) in [4.78, 5) is 5.13. The molecule has 0 aliphatic heterocycles. The second-order valence-corrected chi connectivity index (χ2v) is 5.06. The summed E-state index contributed by atoms with van der Waals surface area (Å²) >= 11 is 0. The molecule has 1 atom stereocenters. The van der Waals surface area contributed by atoms with Crippen molar-refractivity contribution >= 4 is 6.21 Å². The maximum absolute atomic E-state index is 5.80. The van der Waals surface area contributed by atoms with Crippen LogP contribution >= 0.6 is 0 Å². The lowest BCUT2D eigenvalue weighted by Gasteiger charge is -2.26. The SMILES string of the molecule is CCC=NOCC(C)Oc1ccc(OC2CCC2)cc1. The van der Waals surface area contributed by atoms with Crippen molar-refractivity contribution in [2.24, 2.45) is 5.16 Å². The molecule has 1 aliphatic rings. The van der Waals surface area contributed by atoms with Crippen LogP contribution in [-0.2, 0) is 4.84 Å². The fourth-order valence-corrected chi connectivity index (χ4v) is 1.82. The molecule has 4 heteroatoms. The Morgan fingerprint density at radius 1 is 1.25 bits per heavy atom. The van der Waals surface area contributed by atoms with Gasteiger partial charge in [0.2, 0.25) is 0 Å². The van der Waals surface area contributed by atoms with Crippen LogP contribution in [0.3, 0.4) is 0 Å². The number of oxime groups is 1. The highest BCUT2D eigenvalue weighted by Gasteiger charge is 2.18. The molecule has 1 fully saturated rings. The summed E-state index contributed by atoms with van der Waals surface area (Å²) < 4.78 is 11.5. The number of hydrogen-bond donors (Lipinski definition) is 0. The summed E-state index contributed by atoms with van der Waals surface area (Å²) in [5.74, 6) is 1.74. The van der Waals surface area contributed by atoms with E-state index in [4.69, 9.17) is 14.3 Å². The normalized spacial score (nSPS) is 16.7. The maximum Gasteiger partial charge on any atom is 0.153 e. The Labute approximate surface area is 120 Å². The highest BCUT2D eigenvalue weighted by molar-refractivity contribution is 5.55. The molecular weight excluding hydrogens is 254 g/mol. The zero-order valence-electron chi connectivity index (χ0n) is 12.2. The smallest absolute Gasteiger partial charge is 0.153 e. The van der Waals surface area contributed by atoms with E-state index in [1.807, 2.05) is 38.1 Å². The van der Waals surface area contributed by atoms with Gasteiger partial charge in [-0.25, -0.2) is 0 Å². The fraction of sp³-hybridized carbons (Fsp3) is 0.562. The summed E-state index contributed by atoms with van der Waals surface area (Å²) in [6.07, 6.45) is 6.60. The Kier molecular flexibility index (Phi) is 5.71. The molecule has 4 nitrogen and oxygen atoms in total. The molecular formula is C16H23NO3. The van der Waals surface area contributed by atoms with Gasteiger partial charge in [-0.2, -0.15) is 0 Å². The van der Waals surface area contributed by atoms with Crippen LogP contribution in [0.1, 0.15) is 39.5 Å². The molecule has 0 spiro atoms. The maximum atomic E-state index is 5.80. The quantitative estimate of drug-likeness (QED) is 0.536. The largest absolute Gasteiger partial charge is 0.490 e. The van der Waals surface area contributed by atoms with Gasteiger partial charge in [0.1, 0.15) is 17.6 Å². The molecule has 0 radical (unpaired) electrons. The summed E-state index contributed by atoms with van der Waals surface area (Å²) in [6, 6.07) is 7.77. The van der Waals surface area contributed by atoms with Crippen LogP contribution in [0.4, 0.5) is 0 Å². The topological polar surface area (TPSA) is 40.0 Å². The van der Waals surface area contributed by atoms with Gasteiger partial charge in [-0.1, -0.05) is 12.1 Å². The molecule has 2 rings (SSSR count). The van der Waals surface area contributed by atoms with Crippen molar-refractivity contribution in [2.75, 3.05) is 6.61 Å². The monoisotopic (exact) mass is 277 g/mol. The Morgan fingerprint density at radius 3 is 2.55 bits per heavy atom. The lowest BCUT2D eigenvalue weighted by atomic mass is 9.96. The van der Waals surface area contributed by atoms with E-state index >= 15 is 0 Å². The molecule has 0 aromatic heterocycles. The summed E-state index contributed by atoms with van der Waals surface area (Å²) in [6.45, 7) is 4.41. The van der Waals surface area contributed by atoms with Crippen LogP contribution in [0, 0.1) is 0 Å². The zero-order chi connectivity index (χ0) is 14.2. The van der Waals surface area contributed by atoms with E-state index in [1.54, 1.807) is 6.21 Å². The van der Waals surface area contributed by atoms with Crippen LogP contribution in [0.25, 0.3) is 0 Å². The van der Waals surface area contributed by atoms with Crippen molar-refractivity contribution in [2.45, 2.75) is 51.7 Å². The molecule has 0 saturated heterocycles. The third-order valence-corrected chi connectivity index (χ3v) is 3.16. The second-order valence-electron chi connectivity index (χ2n) is 5.06. The van der Waals surface area contributed by atoms with Crippen molar-refractivity contribution in [3.8, 4) is 11.5 Å². The summed E-state index contributed by atoms with van der Waals surface area (Å²) in [5.41, 5.74) is 0. The van der Waals surface area contributed by atoms with Gasteiger partial charge >= 0.3 is 0 Å². The lowest BCUT2D eigenvalue weighted by Crippen LogP contribution is -2.24. The minimum absolute atomic E-state index is 0.0394. The number of benzene rings is 1. The van der Waals surface area contributed by atoms with E-state index < -0.39 is 0 Å². The van der Waals surface area contributed by atoms with Crippen LogP contribution in [0.15, 0.2) is 29.4 Å². The predicted octanol–water partition coefficient (Wildman–Crippen LogP) is 3.80. The van der Waals surface area contributed by atoms with Crippen LogP contribution in [-0.4, -0.2) is 25.0 Å². The minimum atomic E-state index is -0.0394. The van der Waals surface area contributed by atoms with E-state index in [2.05, 4.69) is 5.16 Å². The first-order chi connectivity index (χ1) is 9.78. The zero-order valence-corrected chi connectivity index (χ0v) is 12.2. The molecule has 1 aromatic rings. The standard InChI is InChI=1S/C16H23NO3/c1-3-11-17-18-12-13(2)19-15-7-9-16(10-8-15)20-14-5-4-6-14/h7-11,13-14H,3-6,12H2,1-2H3. The average Bonchev–Trinajstić information content (AvgIpc) is 2.41. The van der Waals surface area contributed by atoms with Gasteiger partial charge in [0.05, 0.1) is 6.10 Å². The number of rotatable bonds is 8. The Bertz CT molecular complexity index is 412. The number of hydrogen-bond acceptors (Lipinski definition) is 4. The molecule has 0 N–H and O–H groups in total. The number of ether oxygens (including phenoxy) is 2. The Balaban J connectivity index is 1.73. The Hall–Kier alpha value is -1.71. The van der Waals surface area contributed by atoms with Gasteiger partial charge in [0.25, 0.3) is 0 Å². The summed E-state index contributed by atoms with van der Waals surface area (Å²) in [5, 5.41) is 3.81. The van der Waals surface area contributed by atoms with Crippen molar-refractivity contribution in [1.82, 2.24) is 0 Å². The molecule has 20 heavy (non-hydrogen) atoms. The van der Waals surface area contributed by atoms with E-state index in [0.29, 0.717) is 12.7 Å². The van der Waals surface area contributed by atoms with E-state index in [0.717, 1.165) is 17.9 Å². The van der Waals surface area contributed by atoms with Gasteiger partial charge in [0.15, 0.2) is 6.61 Å². The van der Waals surface area contributed by atoms with Crippen molar-refractivity contribution in [1.29, 1.82) is 0 Å². The van der Waals surface area contributed by atoms with Gasteiger partial charge < -0.3 is 14.3 Å². The second kappa shape index (κ2) is 7.78. The minimum Gasteiger partial charge on any atom is -0.490 e. The van der Waals surface area contributed by atoms with Crippen molar-refractivity contribution in [3.63, 3.8) is 0 Å². The molecule has 1 aromatic carbocycles. The lowest BCUT2D eigenvalue weighted by molar-refractivity contribution is 0.0634. The van der Waals surface area contributed by atoms with Gasteiger partial charge in [0, 0.05) is 6.21 Å². The van der Waals surface area contributed by atoms with E-state index in [9.17, 15) is 0 Å². The van der Waals surface area contributed by atoms with Gasteiger partial charge in [-0.3, -0.25) is 0 Å². The fourth-order valence-electron chi connectivity index (χ4n) is 1.82. The van der Waals surface area contributed by atoms with Crippen LogP contribution < -0.4 is 9.47 Å². The van der Waals surface area contributed by atoms with E-state index in [1.165, 1.54) is 19.3 Å². The molecule has 0 bridgehead atoms. The molecule has 1 saturated carbocycles. The first-order valence-electron chi connectivity index (χ1n) is 7.35. The molecule has 0 heterocycles. The molecule has 110 valence electrons. The third kappa shape index (κ3) is 4.76. The highest BCUT2D eigenvalue weighted by Crippen LogP contribution is 2.26. The molecule has 1 aliphatic carbocycles. The van der Waals surface area contributed by atoms with Gasteiger partial charge in [-0.05, 0) is 56.9 Å². The third-order valence-electron chi connectivity index (χ3n) is 3.16. The van der Waals surface area contributed by atoms with Gasteiger partial charge in [-0.15, -0.1) is 0 Å². The van der Waals surface area contributed by atoms with E-state index in [-0.39, 0.29) is 6.10 Å².